The summed E-state index contributed by atoms with van der Waals surface area (Å²) in [6.07, 6.45) is 0.464. The summed E-state index contributed by atoms with van der Waals surface area (Å²) in [6.45, 7) is 6.07. The second-order valence-electron chi connectivity index (χ2n) is 5.83. The zero-order valence-corrected chi connectivity index (χ0v) is 14.7. The number of rotatable bonds is 7. The summed E-state index contributed by atoms with van der Waals surface area (Å²) in [6, 6.07) is 15.2. The molecule has 0 bridgehead atoms. The molecule has 0 aliphatic rings. The van der Waals surface area contributed by atoms with Crippen molar-refractivity contribution in [3.8, 4) is 11.5 Å². The van der Waals surface area contributed by atoms with E-state index in [9.17, 15) is 4.79 Å². The van der Waals surface area contributed by atoms with E-state index in [0.29, 0.717) is 17.4 Å². The van der Waals surface area contributed by atoms with E-state index >= 15 is 0 Å². The van der Waals surface area contributed by atoms with Gasteiger partial charge in [0, 0.05) is 5.69 Å². The molecule has 1 amide bonds. The van der Waals surface area contributed by atoms with Crippen molar-refractivity contribution in [2.24, 2.45) is 0 Å². The van der Waals surface area contributed by atoms with Crippen molar-refractivity contribution in [1.82, 2.24) is 0 Å². The SMILES string of the molecule is CC[C@@H](C)c1ccc(NC(=O)[C@@H](C)Oc2ccccc2OC)cc1. The van der Waals surface area contributed by atoms with E-state index in [1.807, 2.05) is 24.3 Å². The molecule has 0 fully saturated rings. The molecule has 1 N–H and O–H groups in total. The van der Waals surface area contributed by atoms with Crippen molar-refractivity contribution in [3.63, 3.8) is 0 Å². The van der Waals surface area contributed by atoms with Gasteiger partial charge >= 0.3 is 0 Å². The third-order valence-corrected chi connectivity index (χ3v) is 4.10. The Hall–Kier alpha value is -2.49. The Morgan fingerprint density at radius 1 is 1.04 bits per heavy atom. The Morgan fingerprint density at radius 3 is 2.25 bits per heavy atom. The first kappa shape index (κ1) is 17.9. The standard InChI is InChI=1S/C20H25NO3/c1-5-14(2)16-10-12-17(13-11-16)21-20(22)15(3)24-19-9-7-6-8-18(19)23-4/h6-15H,5H2,1-4H3,(H,21,22)/t14-,15-/m1/s1. The predicted molar refractivity (Wildman–Crippen MR) is 96.9 cm³/mol. The van der Waals surface area contributed by atoms with Crippen LogP contribution in [0.1, 0.15) is 38.7 Å². The zero-order chi connectivity index (χ0) is 17.5. The highest BCUT2D eigenvalue weighted by Crippen LogP contribution is 2.27. The Balaban J connectivity index is 1.98. The monoisotopic (exact) mass is 327 g/mol. The van der Waals surface area contributed by atoms with Crippen molar-refractivity contribution in [2.75, 3.05) is 12.4 Å². The van der Waals surface area contributed by atoms with Gasteiger partial charge < -0.3 is 14.8 Å². The Labute approximate surface area is 143 Å². The maximum atomic E-state index is 12.3. The maximum Gasteiger partial charge on any atom is 0.265 e. The van der Waals surface area contributed by atoms with E-state index < -0.39 is 6.10 Å². The lowest BCUT2D eigenvalue weighted by Gasteiger charge is -2.17. The molecule has 0 radical (unpaired) electrons. The van der Waals surface area contributed by atoms with Crippen LogP contribution in [0.2, 0.25) is 0 Å². The number of ether oxygens (including phenoxy) is 2. The molecule has 0 aliphatic heterocycles. The number of benzene rings is 2. The van der Waals surface area contributed by atoms with Crippen LogP contribution in [-0.4, -0.2) is 19.1 Å². The third kappa shape index (κ3) is 4.51. The summed E-state index contributed by atoms with van der Waals surface area (Å²) in [5, 5.41) is 2.88. The van der Waals surface area contributed by atoms with Gasteiger partial charge in [0.15, 0.2) is 17.6 Å². The first-order valence-corrected chi connectivity index (χ1v) is 8.25. The van der Waals surface area contributed by atoms with Gasteiger partial charge in [-0.05, 0) is 49.1 Å². The van der Waals surface area contributed by atoms with Crippen LogP contribution >= 0.6 is 0 Å². The van der Waals surface area contributed by atoms with Crippen LogP contribution in [0.4, 0.5) is 5.69 Å². The van der Waals surface area contributed by atoms with Gasteiger partial charge in [-0.1, -0.05) is 38.1 Å². The van der Waals surface area contributed by atoms with Crippen molar-refractivity contribution in [2.45, 2.75) is 39.2 Å². The van der Waals surface area contributed by atoms with Crippen LogP contribution in [0.15, 0.2) is 48.5 Å². The first-order chi connectivity index (χ1) is 11.5. The fourth-order valence-corrected chi connectivity index (χ4v) is 2.33. The van der Waals surface area contributed by atoms with E-state index in [1.165, 1.54) is 5.56 Å². The molecular formula is C20H25NO3. The van der Waals surface area contributed by atoms with Crippen molar-refractivity contribution in [3.05, 3.63) is 54.1 Å². The zero-order valence-electron chi connectivity index (χ0n) is 14.7. The van der Waals surface area contributed by atoms with Crippen LogP contribution in [0.3, 0.4) is 0 Å². The lowest BCUT2D eigenvalue weighted by Crippen LogP contribution is -2.30. The first-order valence-electron chi connectivity index (χ1n) is 8.25. The molecule has 24 heavy (non-hydrogen) atoms. The van der Waals surface area contributed by atoms with Crippen LogP contribution in [0.25, 0.3) is 0 Å². The highest BCUT2D eigenvalue weighted by molar-refractivity contribution is 5.94. The summed E-state index contributed by atoms with van der Waals surface area (Å²) in [5.41, 5.74) is 2.04. The molecule has 0 aliphatic carbocycles. The van der Waals surface area contributed by atoms with Gasteiger partial charge in [0.2, 0.25) is 0 Å². The van der Waals surface area contributed by atoms with Gasteiger partial charge in [-0.25, -0.2) is 0 Å². The second-order valence-corrected chi connectivity index (χ2v) is 5.83. The average Bonchev–Trinajstić information content (AvgIpc) is 2.62. The largest absolute Gasteiger partial charge is 0.493 e. The quantitative estimate of drug-likeness (QED) is 0.807. The number of amides is 1. The summed E-state index contributed by atoms with van der Waals surface area (Å²) in [7, 11) is 1.58. The molecule has 128 valence electrons. The van der Waals surface area contributed by atoms with Crippen LogP contribution in [0, 0.1) is 0 Å². The minimum absolute atomic E-state index is 0.197. The summed E-state index contributed by atoms with van der Waals surface area (Å²) >= 11 is 0. The molecule has 2 aromatic carbocycles. The van der Waals surface area contributed by atoms with Gasteiger partial charge in [-0.15, -0.1) is 0 Å². The van der Waals surface area contributed by atoms with E-state index in [4.69, 9.17) is 9.47 Å². The maximum absolute atomic E-state index is 12.3. The minimum Gasteiger partial charge on any atom is -0.493 e. The van der Waals surface area contributed by atoms with E-state index in [0.717, 1.165) is 12.1 Å². The van der Waals surface area contributed by atoms with Crippen molar-refractivity contribution >= 4 is 11.6 Å². The number of nitrogens with one attached hydrogen (secondary N) is 1. The predicted octanol–water partition coefficient (Wildman–Crippen LogP) is 4.61. The van der Waals surface area contributed by atoms with Gasteiger partial charge in [-0.2, -0.15) is 0 Å². The van der Waals surface area contributed by atoms with E-state index in [2.05, 4.69) is 31.3 Å². The normalized spacial score (nSPS) is 13.0. The fraction of sp³-hybridized carbons (Fsp3) is 0.350. The molecule has 0 aromatic heterocycles. The number of carbonyl (C=O) groups excluding carboxylic acids is 1. The number of carbonyl (C=O) groups is 1. The Bertz CT molecular complexity index is 667. The van der Waals surface area contributed by atoms with Crippen LogP contribution in [-0.2, 0) is 4.79 Å². The Morgan fingerprint density at radius 2 is 1.67 bits per heavy atom. The fourth-order valence-electron chi connectivity index (χ4n) is 2.33. The summed E-state index contributed by atoms with van der Waals surface area (Å²) < 4.78 is 10.9. The Kier molecular flexibility index (Phi) is 6.24. The second kappa shape index (κ2) is 8.39. The van der Waals surface area contributed by atoms with Crippen molar-refractivity contribution in [1.29, 1.82) is 0 Å². The minimum atomic E-state index is -0.629. The molecule has 4 nitrogen and oxygen atoms in total. The highest BCUT2D eigenvalue weighted by Gasteiger charge is 2.17. The molecule has 0 spiro atoms. The molecule has 2 atom stereocenters. The number of hydrogen-bond donors (Lipinski definition) is 1. The molecule has 0 saturated carbocycles. The topological polar surface area (TPSA) is 47.6 Å². The van der Waals surface area contributed by atoms with Crippen LogP contribution < -0.4 is 14.8 Å². The number of methoxy groups -OCH3 is 1. The molecular weight excluding hydrogens is 302 g/mol. The number of anilines is 1. The molecule has 0 heterocycles. The molecule has 4 heteroatoms. The number of hydrogen-bond acceptors (Lipinski definition) is 3. The molecule has 2 aromatic rings. The molecule has 0 saturated heterocycles. The highest BCUT2D eigenvalue weighted by atomic mass is 16.5. The van der Waals surface area contributed by atoms with E-state index in [-0.39, 0.29) is 5.91 Å². The van der Waals surface area contributed by atoms with Gasteiger partial charge in [-0.3, -0.25) is 4.79 Å². The summed E-state index contributed by atoms with van der Waals surface area (Å²) in [5.74, 6) is 1.48. The lowest BCUT2D eigenvalue weighted by molar-refractivity contribution is -0.122. The average molecular weight is 327 g/mol. The summed E-state index contributed by atoms with van der Waals surface area (Å²) in [4.78, 5) is 12.3. The van der Waals surface area contributed by atoms with Crippen LogP contribution in [0.5, 0.6) is 11.5 Å². The van der Waals surface area contributed by atoms with Crippen molar-refractivity contribution < 1.29 is 14.3 Å². The lowest BCUT2D eigenvalue weighted by atomic mass is 9.99. The third-order valence-electron chi connectivity index (χ3n) is 4.10. The molecule has 0 unspecified atom stereocenters. The molecule has 2 rings (SSSR count). The van der Waals surface area contributed by atoms with Gasteiger partial charge in [0.25, 0.3) is 5.91 Å². The number of para-hydroxylation sites is 2. The smallest absolute Gasteiger partial charge is 0.265 e. The van der Waals surface area contributed by atoms with Gasteiger partial charge in [0.05, 0.1) is 7.11 Å². The van der Waals surface area contributed by atoms with E-state index in [1.54, 1.807) is 26.2 Å². The van der Waals surface area contributed by atoms with Gasteiger partial charge in [0.1, 0.15) is 0 Å².